The van der Waals surface area contributed by atoms with Crippen molar-refractivity contribution in [3.05, 3.63) is 0 Å². The van der Waals surface area contributed by atoms with Crippen molar-refractivity contribution in [3.63, 3.8) is 0 Å². The van der Waals surface area contributed by atoms with E-state index in [2.05, 4.69) is 37.9 Å². The first-order valence-corrected chi connectivity index (χ1v) is 8.26. The maximum absolute atomic E-state index is 3.94. The van der Waals surface area contributed by atoms with E-state index in [0.717, 1.165) is 18.1 Å². The number of piperazine rings is 1. The third kappa shape index (κ3) is 4.55. The maximum atomic E-state index is 3.94. The van der Waals surface area contributed by atoms with Crippen molar-refractivity contribution in [2.45, 2.75) is 90.8 Å². The molecule has 108 valence electrons. The normalized spacial score (nSPS) is 29.7. The molecule has 1 N–H and O–H groups in total. The Morgan fingerprint density at radius 3 is 2.11 bits per heavy atom. The van der Waals surface area contributed by atoms with Gasteiger partial charge < -0.3 is 5.32 Å². The predicted molar refractivity (Wildman–Crippen MR) is 81.1 cm³/mol. The van der Waals surface area contributed by atoms with Crippen LogP contribution in [0, 0.1) is 0 Å². The van der Waals surface area contributed by atoms with Crippen molar-refractivity contribution in [1.82, 2.24) is 10.2 Å². The third-order valence-corrected chi connectivity index (χ3v) is 4.17. The molecular formula is C16H34N2. The van der Waals surface area contributed by atoms with Crippen LogP contribution in [0.15, 0.2) is 0 Å². The highest BCUT2D eigenvalue weighted by molar-refractivity contribution is 4.93. The fourth-order valence-electron chi connectivity index (χ4n) is 3.47. The zero-order valence-electron chi connectivity index (χ0n) is 13.0. The van der Waals surface area contributed by atoms with Crippen LogP contribution in [-0.4, -0.2) is 36.1 Å². The minimum Gasteiger partial charge on any atom is -0.308 e. The first-order chi connectivity index (χ1) is 8.76. The Hall–Kier alpha value is -0.0800. The lowest BCUT2D eigenvalue weighted by Crippen LogP contribution is -2.62. The van der Waals surface area contributed by atoms with E-state index in [1.807, 2.05) is 0 Å². The van der Waals surface area contributed by atoms with Crippen LogP contribution in [-0.2, 0) is 0 Å². The van der Waals surface area contributed by atoms with Crippen molar-refractivity contribution in [1.29, 1.82) is 0 Å². The first kappa shape index (κ1) is 16.0. The van der Waals surface area contributed by atoms with E-state index in [0.29, 0.717) is 0 Å². The fraction of sp³-hybridized carbons (Fsp3) is 1.00. The van der Waals surface area contributed by atoms with E-state index in [1.165, 1.54) is 58.0 Å². The van der Waals surface area contributed by atoms with E-state index >= 15 is 0 Å². The fourth-order valence-corrected chi connectivity index (χ4v) is 3.47. The number of hydrogen-bond acceptors (Lipinski definition) is 2. The van der Waals surface area contributed by atoms with Crippen LogP contribution in [0.4, 0.5) is 0 Å². The van der Waals surface area contributed by atoms with Gasteiger partial charge in [-0.1, -0.05) is 47.0 Å². The molecule has 3 atom stereocenters. The minimum absolute atomic E-state index is 0.728. The number of rotatable bonds is 8. The van der Waals surface area contributed by atoms with Gasteiger partial charge in [0.15, 0.2) is 0 Å². The lowest BCUT2D eigenvalue weighted by molar-refractivity contribution is 0.0751. The Morgan fingerprint density at radius 1 is 0.889 bits per heavy atom. The highest BCUT2D eigenvalue weighted by atomic mass is 15.2. The molecule has 0 radical (unpaired) electrons. The largest absolute Gasteiger partial charge is 0.308 e. The van der Waals surface area contributed by atoms with Crippen LogP contribution in [0.5, 0.6) is 0 Å². The quantitative estimate of drug-likeness (QED) is 0.708. The SMILES string of the molecule is CCCC1CN(CCC)C(CCC)C(CCC)N1. The van der Waals surface area contributed by atoms with Gasteiger partial charge in [-0.25, -0.2) is 0 Å². The molecular weight excluding hydrogens is 220 g/mol. The molecule has 0 aromatic carbocycles. The van der Waals surface area contributed by atoms with Gasteiger partial charge in [-0.05, 0) is 32.2 Å². The summed E-state index contributed by atoms with van der Waals surface area (Å²) in [6.07, 6.45) is 9.23. The molecule has 0 aromatic rings. The van der Waals surface area contributed by atoms with Gasteiger partial charge in [0, 0.05) is 24.7 Å². The molecule has 2 heteroatoms. The van der Waals surface area contributed by atoms with E-state index in [4.69, 9.17) is 0 Å². The van der Waals surface area contributed by atoms with E-state index in [-0.39, 0.29) is 0 Å². The Kier molecular flexibility index (Phi) is 7.92. The highest BCUT2D eigenvalue weighted by Gasteiger charge is 2.33. The molecule has 0 saturated carbocycles. The van der Waals surface area contributed by atoms with Crippen LogP contribution in [0.2, 0.25) is 0 Å². The second kappa shape index (κ2) is 8.92. The summed E-state index contributed by atoms with van der Waals surface area (Å²) in [4.78, 5) is 2.78. The molecule has 0 aliphatic carbocycles. The van der Waals surface area contributed by atoms with Crippen LogP contribution in [0.25, 0.3) is 0 Å². The number of nitrogens with one attached hydrogen (secondary N) is 1. The van der Waals surface area contributed by atoms with Crippen LogP contribution >= 0.6 is 0 Å². The van der Waals surface area contributed by atoms with Gasteiger partial charge in [0.25, 0.3) is 0 Å². The van der Waals surface area contributed by atoms with Crippen molar-refractivity contribution in [2.75, 3.05) is 13.1 Å². The lowest BCUT2D eigenvalue weighted by atomic mass is 9.91. The molecule has 1 rings (SSSR count). The Morgan fingerprint density at radius 2 is 1.56 bits per heavy atom. The molecule has 1 fully saturated rings. The molecule has 0 amide bonds. The Labute approximate surface area is 115 Å². The van der Waals surface area contributed by atoms with Crippen molar-refractivity contribution >= 4 is 0 Å². The van der Waals surface area contributed by atoms with Gasteiger partial charge in [-0.2, -0.15) is 0 Å². The summed E-state index contributed by atoms with van der Waals surface area (Å²) in [6, 6.07) is 2.24. The summed E-state index contributed by atoms with van der Waals surface area (Å²) in [6.45, 7) is 11.8. The van der Waals surface area contributed by atoms with Gasteiger partial charge in [0.2, 0.25) is 0 Å². The van der Waals surface area contributed by atoms with E-state index in [1.54, 1.807) is 0 Å². The van der Waals surface area contributed by atoms with Crippen molar-refractivity contribution in [2.24, 2.45) is 0 Å². The van der Waals surface area contributed by atoms with E-state index in [9.17, 15) is 0 Å². The van der Waals surface area contributed by atoms with Gasteiger partial charge in [0.1, 0.15) is 0 Å². The van der Waals surface area contributed by atoms with Crippen LogP contribution in [0.1, 0.15) is 72.6 Å². The van der Waals surface area contributed by atoms with Crippen molar-refractivity contribution in [3.8, 4) is 0 Å². The molecule has 1 heterocycles. The number of nitrogens with zero attached hydrogens (tertiary/aromatic N) is 1. The second-order valence-corrected chi connectivity index (χ2v) is 5.90. The summed E-state index contributed by atoms with van der Waals surface area (Å²) < 4.78 is 0. The molecule has 1 aliphatic rings. The van der Waals surface area contributed by atoms with Crippen LogP contribution < -0.4 is 5.32 Å². The molecule has 1 aliphatic heterocycles. The van der Waals surface area contributed by atoms with E-state index < -0.39 is 0 Å². The third-order valence-electron chi connectivity index (χ3n) is 4.17. The van der Waals surface area contributed by atoms with Gasteiger partial charge >= 0.3 is 0 Å². The number of hydrogen-bond donors (Lipinski definition) is 1. The first-order valence-electron chi connectivity index (χ1n) is 8.26. The molecule has 0 aromatic heterocycles. The molecule has 0 spiro atoms. The predicted octanol–water partition coefficient (Wildman–Crippen LogP) is 3.81. The summed E-state index contributed by atoms with van der Waals surface area (Å²) >= 11 is 0. The maximum Gasteiger partial charge on any atom is 0.0250 e. The average molecular weight is 254 g/mol. The summed E-state index contributed by atoms with van der Waals surface area (Å²) in [7, 11) is 0. The Balaban J connectivity index is 2.68. The molecule has 2 nitrogen and oxygen atoms in total. The molecule has 18 heavy (non-hydrogen) atoms. The van der Waals surface area contributed by atoms with Crippen molar-refractivity contribution < 1.29 is 0 Å². The molecule has 3 unspecified atom stereocenters. The second-order valence-electron chi connectivity index (χ2n) is 5.90. The minimum atomic E-state index is 0.728. The lowest BCUT2D eigenvalue weighted by Gasteiger charge is -2.46. The topological polar surface area (TPSA) is 15.3 Å². The molecule has 1 saturated heterocycles. The highest BCUT2D eigenvalue weighted by Crippen LogP contribution is 2.22. The smallest absolute Gasteiger partial charge is 0.0250 e. The standard InChI is InChI=1S/C16H34N2/c1-5-9-14-13-18(12-8-4)16(11-7-3)15(17-14)10-6-2/h14-17H,5-13H2,1-4H3. The summed E-state index contributed by atoms with van der Waals surface area (Å²) in [5, 5.41) is 3.94. The zero-order valence-corrected chi connectivity index (χ0v) is 13.0. The molecule has 0 bridgehead atoms. The van der Waals surface area contributed by atoms with Gasteiger partial charge in [0.05, 0.1) is 0 Å². The van der Waals surface area contributed by atoms with Gasteiger partial charge in [-0.3, -0.25) is 4.90 Å². The Bertz CT molecular complexity index is 189. The summed E-state index contributed by atoms with van der Waals surface area (Å²) in [5.74, 6) is 0. The average Bonchev–Trinajstić information content (AvgIpc) is 2.34. The zero-order chi connectivity index (χ0) is 13.4. The summed E-state index contributed by atoms with van der Waals surface area (Å²) in [5.41, 5.74) is 0. The van der Waals surface area contributed by atoms with Crippen LogP contribution in [0.3, 0.4) is 0 Å². The monoisotopic (exact) mass is 254 g/mol. The van der Waals surface area contributed by atoms with Gasteiger partial charge in [-0.15, -0.1) is 0 Å².